The molecule has 0 atom stereocenters. The first-order valence-corrected chi connectivity index (χ1v) is 5.56. The predicted molar refractivity (Wildman–Crippen MR) is 58.8 cm³/mol. The monoisotopic (exact) mass is 209 g/mol. The van der Waals surface area contributed by atoms with Crippen molar-refractivity contribution in [3.8, 4) is 0 Å². The molecular formula is C11H19N3O. The van der Waals surface area contributed by atoms with Crippen LogP contribution in [0.5, 0.6) is 0 Å². The molecule has 1 aliphatic rings. The van der Waals surface area contributed by atoms with Crippen LogP contribution in [-0.2, 0) is 18.3 Å². The maximum Gasteiger partial charge on any atom is 0.0797 e. The Hall–Kier alpha value is -0.870. The van der Waals surface area contributed by atoms with Crippen molar-refractivity contribution in [2.24, 2.45) is 7.05 Å². The van der Waals surface area contributed by atoms with Crippen LogP contribution in [0.2, 0.25) is 0 Å². The van der Waals surface area contributed by atoms with Crippen LogP contribution in [0.3, 0.4) is 0 Å². The van der Waals surface area contributed by atoms with Gasteiger partial charge in [0, 0.05) is 33.0 Å². The van der Waals surface area contributed by atoms with Gasteiger partial charge in [-0.3, -0.25) is 4.68 Å². The van der Waals surface area contributed by atoms with Gasteiger partial charge in [-0.25, -0.2) is 0 Å². The molecule has 4 heteroatoms. The summed E-state index contributed by atoms with van der Waals surface area (Å²) in [6.45, 7) is 2.63. The van der Waals surface area contributed by atoms with Gasteiger partial charge in [0.25, 0.3) is 0 Å². The highest BCUT2D eigenvalue weighted by molar-refractivity contribution is 5.22. The van der Waals surface area contributed by atoms with Crippen LogP contribution in [0.15, 0.2) is 6.20 Å². The number of hydrogen-bond donors (Lipinski definition) is 1. The van der Waals surface area contributed by atoms with Crippen molar-refractivity contribution >= 4 is 0 Å². The van der Waals surface area contributed by atoms with Gasteiger partial charge in [0.1, 0.15) is 0 Å². The fourth-order valence-electron chi connectivity index (χ4n) is 2.21. The van der Waals surface area contributed by atoms with E-state index in [9.17, 15) is 0 Å². The number of aromatic nitrogens is 2. The Morgan fingerprint density at radius 2 is 2.27 bits per heavy atom. The van der Waals surface area contributed by atoms with E-state index in [1.807, 2.05) is 18.8 Å². The molecule has 1 fully saturated rings. The zero-order valence-corrected chi connectivity index (χ0v) is 9.49. The van der Waals surface area contributed by atoms with Gasteiger partial charge in [-0.05, 0) is 31.4 Å². The summed E-state index contributed by atoms with van der Waals surface area (Å²) in [4.78, 5) is 0. The van der Waals surface area contributed by atoms with E-state index in [1.165, 1.54) is 11.3 Å². The average molecular weight is 209 g/mol. The van der Waals surface area contributed by atoms with Gasteiger partial charge >= 0.3 is 0 Å². The maximum atomic E-state index is 5.39. The van der Waals surface area contributed by atoms with E-state index in [0.29, 0.717) is 5.92 Å². The van der Waals surface area contributed by atoms with E-state index in [0.717, 1.165) is 32.6 Å². The number of aryl methyl sites for hydroxylation is 1. The van der Waals surface area contributed by atoms with E-state index in [1.54, 1.807) is 0 Å². The van der Waals surface area contributed by atoms with Crippen LogP contribution >= 0.6 is 0 Å². The topological polar surface area (TPSA) is 39.1 Å². The summed E-state index contributed by atoms with van der Waals surface area (Å²) < 4.78 is 7.30. The van der Waals surface area contributed by atoms with E-state index >= 15 is 0 Å². The lowest BCUT2D eigenvalue weighted by molar-refractivity contribution is 0.0851. The van der Waals surface area contributed by atoms with Gasteiger partial charge in [0.05, 0.1) is 5.69 Å². The lowest BCUT2D eigenvalue weighted by Crippen LogP contribution is -2.16. The first-order valence-electron chi connectivity index (χ1n) is 5.56. The lowest BCUT2D eigenvalue weighted by Gasteiger charge is -2.21. The minimum atomic E-state index is 0.635. The molecule has 0 saturated carbocycles. The summed E-state index contributed by atoms with van der Waals surface area (Å²) in [6, 6.07) is 0. The molecule has 1 saturated heterocycles. The van der Waals surface area contributed by atoms with E-state index in [4.69, 9.17) is 4.74 Å². The fourth-order valence-corrected chi connectivity index (χ4v) is 2.21. The summed E-state index contributed by atoms with van der Waals surface area (Å²) in [5.41, 5.74) is 2.59. The molecule has 1 N–H and O–H groups in total. The zero-order chi connectivity index (χ0) is 10.7. The minimum absolute atomic E-state index is 0.635. The van der Waals surface area contributed by atoms with Gasteiger partial charge in [0.2, 0.25) is 0 Å². The number of hydrogen-bond acceptors (Lipinski definition) is 3. The smallest absolute Gasteiger partial charge is 0.0797 e. The van der Waals surface area contributed by atoms with Gasteiger partial charge in [-0.15, -0.1) is 0 Å². The Morgan fingerprint density at radius 1 is 1.53 bits per heavy atom. The molecule has 0 radical (unpaired) electrons. The first kappa shape index (κ1) is 10.6. The molecule has 15 heavy (non-hydrogen) atoms. The van der Waals surface area contributed by atoms with Crippen molar-refractivity contribution in [1.29, 1.82) is 0 Å². The van der Waals surface area contributed by atoms with Gasteiger partial charge in [-0.1, -0.05) is 0 Å². The summed E-state index contributed by atoms with van der Waals surface area (Å²) in [6.07, 6.45) is 4.41. The van der Waals surface area contributed by atoms with Gasteiger partial charge in [-0.2, -0.15) is 5.10 Å². The second-order valence-electron chi connectivity index (χ2n) is 4.12. The van der Waals surface area contributed by atoms with Crippen molar-refractivity contribution < 1.29 is 4.74 Å². The molecule has 0 unspecified atom stereocenters. The quantitative estimate of drug-likeness (QED) is 0.808. The third-order valence-electron chi connectivity index (χ3n) is 2.94. The molecule has 2 rings (SSSR count). The molecule has 2 heterocycles. The second kappa shape index (κ2) is 4.77. The Labute approximate surface area is 90.6 Å². The maximum absolute atomic E-state index is 5.39. The number of nitrogens with one attached hydrogen (secondary N) is 1. The van der Waals surface area contributed by atoms with E-state index in [2.05, 4.69) is 16.6 Å². The Morgan fingerprint density at radius 3 is 2.93 bits per heavy atom. The predicted octanol–water partition coefficient (Wildman–Crippen LogP) is 1.03. The average Bonchev–Trinajstić information content (AvgIpc) is 2.62. The highest BCUT2D eigenvalue weighted by Gasteiger charge is 2.20. The fraction of sp³-hybridized carbons (Fsp3) is 0.727. The second-order valence-corrected chi connectivity index (χ2v) is 4.12. The summed E-state index contributed by atoms with van der Waals surface area (Å²) in [5, 5.41) is 7.66. The molecule has 1 aromatic heterocycles. The molecule has 1 aliphatic heterocycles. The van der Waals surface area contributed by atoms with Crippen LogP contribution < -0.4 is 5.32 Å². The van der Waals surface area contributed by atoms with E-state index < -0.39 is 0 Å². The highest BCUT2D eigenvalue weighted by Crippen LogP contribution is 2.28. The van der Waals surface area contributed by atoms with Crippen LogP contribution in [0.25, 0.3) is 0 Å². The summed E-state index contributed by atoms with van der Waals surface area (Å²) in [5.74, 6) is 0.635. The van der Waals surface area contributed by atoms with Crippen molar-refractivity contribution in [2.75, 3.05) is 20.3 Å². The normalized spacial score (nSPS) is 18.3. The molecule has 0 bridgehead atoms. The van der Waals surface area contributed by atoms with Crippen LogP contribution in [0.1, 0.15) is 30.0 Å². The van der Waals surface area contributed by atoms with Crippen molar-refractivity contribution in [3.05, 3.63) is 17.5 Å². The van der Waals surface area contributed by atoms with Crippen LogP contribution in [0.4, 0.5) is 0 Å². The molecule has 0 aromatic carbocycles. The van der Waals surface area contributed by atoms with Gasteiger partial charge < -0.3 is 10.1 Å². The summed E-state index contributed by atoms with van der Waals surface area (Å²) in [7, 11) is 3.95. The Balaban J connectivity index is 2.17. The van der Waals surface area contributed by atoms with Crippen LogP contribution in [0, 0.1) is 0 Å². The Kier molecular flexibility index (Phi) is 3.38. The van der Waals surface area contributed by atoms with Crippen molar-refractivity contribution in [3.63, 3.8) is 0 Å². The number of rotatable bonds is 3. The van der Waals surface area contributed by atoms with Crippen molar-refractivity contribution in [1.82, 2.24) is 15.1 Å². The van der Waals surface area contributed by atoms with E-state index in [-0.39, 0.29) is 0 Å². The minimum Gasteiger partial charge on any atom is -0.381 e. The number of ether oxygens (including phenoxy) is 1. The molecule has 4 nitrogen and oxygen atoms in total. The molecule has 84 valence electrons. The third-order valence-corrected chi connectivity index (χ3v) is 2.94. The lowest BCUT2D eigenvalue weighted by atomic mass is 9.92. The molecule has 0 amide bonds. The molecule has 1 aromatic rings. The third kappa shape index (κ3) is 2.38. The largest absolute Gasteiger partial charge is 0.381 e. The summed E-state index contributed by atoms with van der Waals surface area (Å²) >= 11 is 0. The number of nitrogens with zero attached hydrogens (tertiary/aromatic N) is 2. The SMILES string of the molecule is CNCc1nn(C)cc1C1CCOCC1. The Bertz CT molecular complexity index is 316. The van der Waals surface area contributed by atoms with Crippen molar-refractivity contribution in [2.45, 2.75) is 25.3 Å². The standard InChI is InChI=1S/C11H19N3O/c1-12-7-11-10(8-14(2)13-11)9-3-5-15-6-4-9/h8-9,12H,3-7H2,1-2H3. The zero-order valence-electron chi connectivity index (χ0n) is 9.49. The highest BCUT2D eigenvalue weighted by atomic mass is 16.5. The molecular weight excluding hydrogens is 190 g/mol. The molecule has 0 aliphatic carbocycles. The molecule has 0 spiro atoms. The van der Waals surface area contributed by atoms with Crippen LogP contribution in [-0.4, -0.2) is 30.0 Å². The van der Waals surface area contributed by atoms with Gasteiger partial charge in [0.15, 0.2) is 0 Å². The first-order chi connectivity index (χ1) is 7.31.